The predicted molar refractivity (Wildman–Crippen MR) is 71.5 cm³/mol. The van der Waals surface area contributed by atoms with Gasteiger partial charge in [-0.3, -0.25) is 9.69 Å². The van der Waals surface area contributed by atoms with E-state index < -0.39 is 5.97 Å². The largest absolute Gasteiger partial charge is 0.481 e. The highest BCUT2D eigenvalue weighted by atomic mass is 16.4. The molecule has 0 aliphatic carbocycles. The van der Waals surface area contributed by atoms with Crippen LogP contribution in [-0.4, -0.2) is 29.1 Å². The van der Waals surface area contributed by atoms with Crippen molar-refractivity contribution in [3.8, 4) is 0 Å². The fourth-order valence-corrected chi connectivity index (χ4v) is 2.88. The fraction of sp³-hybridized carbons (Fsp3) is 0.533. The second-order valence-electron chi connectivity index (χ2n) is 5.28. The lowest BCUT2D eigenvalue weighted by molar-refractivity contribution is -0.138. The van der Waals surface area contributed by atoms with Crippen LogP contribution in [0.4, 0.5) is 0 Å². The van der Waals surface area contributed by atoms with Gasteiger partial charge in [0.25, 0.3) is 0 Å². The maximum absolute atomic E-state index is 10.7. The number of hydrogen-bond donors (Lipinski definition) is 1. The average Bonchev–Trinajstić information content (AvgIpc) is 2.76. The summed E-state index contributed by atoms with van der Waals surface area (Å²) in [5.41, 5.74) is 2.67. The van der Waals surface area contributed by atoms with Crippen LogP contribution in [0.1, 0.15) is 36.9 Å². The van der Waals surface area contributed by atoms with Crippen molar-refractivity contribution in [1.29, 1.82) is 0 Å². The van der Waals surface area contributed by atoms with E-state index in [0.29, 0.717) is 18.4 Å². The molecule has 1 aromatic carbocycles. The van der Waals surface area contributed by atoms with Crippen molar-refractivity contribution in [3.05, 3.63) is 35.4 Å². The monoisotopic (exact) mass is 247 g/mol. The molecule has 1 aliphatic rings. The summed E-state index contributed by atoms with van der Waals surface area (Å²) in [5, 5.41) is 8.84. The van der Waals surface area contributed by atoms with Crippen LogP contribution in [0.5, 0.6) is 0 Å². The van der Waals surface area contributed by atoms with Crippen molar-refractivity contribution in [2.24, 2.45) is 5.92 Å². The van der Waals surface area contributed by atoms with E-state index in [-0.39, 0.29) is 0 Å². The Morgan fingerprint density at radius 3 is 2.89 bits per heavy atom. The average molecular weight is 247 g/mol. The van der Waals surface area contributed by atoms with Crippen LogP contribution in [-0.2, 0) is 4.79 Å². The van der Waals surface area contributed by atoms with Gasteiger partial charge in [0.2, 0.25) is 0 Å². The van der Waals surface area contributed by atoms with Gasteiger partial charge in [-0.2, -0.15) is 0 Å². The molecular weight excluding hydrogens is 226 g/mol. The van der Waals surface area contributed by atoms with E-state index in [2.05, 4.69) is 43.0 Å². The molecule has 3 nitrogen and oxygen atoms in total. The first kappa shape index (κ1) is 13.1. The van der Waals surface area contributed by atoms with Crippen molar-refractivity contribution >= 4 is 5.97 Å². The number of hydrogen-bond acceptors (Lipinski definition) is 2. The highest BCUT2D eigenvalue weighted by Crippen LogP contribution is 2.30. The van der Waals surface area contributed by atoms with Crippen LogP contribution in [0, 0.1) is 12.8 Å². The molecule has 3 heteroatoms. The molecule has 0 saturated carbocycles. The summed E-state index contributed by atoms with van der Waals surface area (Å²) in [6.45, 7) is 6.26. The lowest BCUT2D eigenvalue weighted by atomic mass is 10.0. The number of aliphatic carboxylic acids is 1. The van der Waals surface area contributed by atoms with Crippen LogP contribution in [0.25, 0.3) is 0 Å². The summed E-state index contributed by atoms with van der Waals surface area (Å²) in [7, 11) is 0. The zero-order chi connectivity index (χ0) is 13.1. The van der Waals surface area contributed by atoms with Gasteiger partial charge in [-0.1, -0.05) is 24.3 Å². The molecule has 98 valence electrons. The number of carboxylic acid groups (broad SMARTS) is 1. The Morgan fingerprint density at radius 2 is 2.22 bits per heavy atom. The molecule has 0 bridgehead atoms. The third-order valence-corrected chi connectivity index (χ3v) is 3.97. The first-order valence-electron chi connectivity index (χ1n) is 6.59. The van der Waals surface area contributed by atoms with Crippen molar-refractivity contribution in [2.75, 3.05) is 13.1 Å². The molecule has 0 radical (unpaired) electrons. The van der Waals surface area contributed by atoms with E-state index in [1.807, 2.05) is 0 Å². The molecule has 1 aliphatic heterocycles. The summed E-state index contributed by atoms with van der Waals surface area (Å²) in [6, 6.07) is 8.82. The van der Waals surface area contributed by atoms with Crippen LogP contribution in [0.2, 0.25) is 0 Å². The van der Waals surface area contributed by atoms with Gasteiger partial charge in [0.05, 0.1) is 0 Å². The standard InChI is InChI=1S/C15H21NO2/c1-11-5-3-4-6-14(11)12(2)16-8-7-13(10-16)9-15(17)18/h3-6,12-13H,7-10H2,1-2H3,(H,17,18). The highest BCUT2D eigenvalue weighted by molar-refractivity contribution is 5.67. The minimum atomic E-state index is -0.676. The maximum Gasteiger partial charge on any atom is 0.303 e. The normalized spacial score (nSPS) is 22.0. The smallest absolute Gasteiger partial charge is 0.303 e. The van der Waals surface area contributed by atoms with E-state index >= 15 is 0 Å². The van der Waals surface area contributed by atoms with E-state index in [1.165, 1.54) is 11.1 Å². The zero-order valence-electron chi connectivity index (χ0n) is 11.1. The van der Waals surface area contributed by atoms with E-state index in [0.717, 1.165) is 19.5 Å². The molecular formula is C15H21NO2. The minimum absolute atomic E-state index is 0.303. The number of aryl methyl sites for hydroxylation is 1. The van der Waals surface area contributed by atoms with E-state index in [4.69, 9.17) is 5.11 Å². The van der Waals surface area contributed by atoms with Crippen molar-refractivity contribution in [3.63, 3.8) is 0 Å². The Kier molecular flexibility index (Phi) is 4.02. The van der Waals surface area contributed by atoms with Crippen molar-refractivity contribution in [1.82, 2.24) is 4.90 Å². The second-order valence-corrected chi connectivity index (χ2v) is 5.28. The van der Waals surface area contributed by atoms with Gasteiger partial charge < -0.3 is 5.11 Å². The van der Waals surface area contributed by atoms with Gasteiger partial charge in [-0.25, -0.2) is 0 Å². The Hall–Kier alpha value is -1.35. The number of nitrogens with zero attached hydrogens (tertiary/aromatic N) is 1. The molecule has 1 aromatic rings. The molecule has 1 fully saturated rings. The van der Waals surface area contributed by atoms with Gasteiger partial charge in [0, 0.05) is 19.0 Å². The van der Waals surface area contributed by atoms with Gasteiger partial charge in [0.1, 0.15) is 0 Å². The first-order chi connectivity index (χ1) is 8.58. The Balaban J connectivity index is 2.01. The van der Waals surface area contributed by atoms with Crippen LogP contribution in [0.15, 0.2) is 24.3 Å². The van der Waals surface area contributed by atoms with Crippen LogP contribution < -0.4 is 0 Å². The second kappa shape index (κ2) is 5.53. The van der Waals surface area contributed by atoms with Crippen LogP contribution in [0.3, 0.4) is 0 Å². The fourth-order valence-electron chi connectivity index (χ4n) is 2.88. The van der Waals surface area contributed by atoms with Gasteiger partial charge >= 0.3 is 5.97 Å². The lowest BCUT2D eigenvalue weighted by Crippen LogP contribution is -2.25. The molecule has 2 atom stereocenters. The molecule has 18 heavy (non-hydrogen) atoms. The zero-order valence-corrected chi connectivity index (χ0v) is 11.1. The lowest BCUT2D eigenvalue weighted by Gasteiger charge is -2.26. The quantitative estimate of drug-likeness (QED) is 0.889. The Bertz CT molecular complexity index is 430. The first-order valence-corrected chi connectivity index (χ1v) is 6.59. The van der Waals surface area contributed by atoms with Crippen LogP contribution >= 0.6 is 0 Å². The topological polar surface area (TPSA) is 40.5 Å². The molecule has 2 unspecified atom stereocenters. The molecule has 0 spiro atoms. The summed E-state index contributed by atoms with van der Waals surface area (Å²) >= 11 is 0. The number of rotatable bonds is 4. The number of carboxylic acids is 1. The van der Waals surface area contributed by atoms with Crippen molar-refractivity contribution < 1.29 is 9.90 Å². The summed E-state index contributed by atoms with van der Waals surface area (Å²) < 4.78 is 0. The third-order valence-electron chi connectivity index (χ3n) is 3.97. The SMILES string of the molecule is Cc1ccccc1C(C)N1CCC(CC(=O)O)C1. The van der Waals surface area contributed by atoms with E-state index in [1.54, 1.807) is 0 Å². The molecule has 1 N–H and O–H groups in total. The molecule has 0 aromatic heterocycles. The van der Waals surface area contributed by atoms with Gasteiger partial charge in [-0.05, 0) is 43.9 Å². The number of carbonyl (C=O) groups is 1. The summed E-state index contributed by atoms with van der Waals surface area (Å²) in [5.74, 6) is -0.362. The number of benzene rings is 1. The summed E-state index contributed by atoms with van der Waals surface area (Å²) in [6.07, 6.45) is 1.31. The third kappa shape index (κ3) is 2.91. The summed E-state index contributed by atoms with van der Waals surface area (Å²) in [4.78, 5) is 13.1. The van der Waals surface area contributed by atoms with E-state index in [9.17, 15) is 4.79 Å². The van der Waals surface area contributed by atoms with Crippen molar-refractivity contribution in [2.45, 2.75) is 32.7 Å². The minimum Gasteiger partial charge on any atom is -0.481 e. The molecule has 1 saturated heterocycles. The predicted octanol–water partition coefficient (Wildman–Crippen LogP) is 2.85. The Labute approximate surface area is 108 Å². The number of likely N-dealkylation sites (tertiary alicyclic amines) is 1. The molecule has 2 rings (SSSR count). The maximum atomic E-state index is 10.7. The highest BCUT2D eigenvalue weighted by Gasteiger charge is 2.28. The molecule has 0 amide bonds. The Morgan fingerprint density at radius 1 is 1.50 bits per heavy atom. The van der Waals surface area contributed by atoms with Gasteiger partial charge in [-0.15, -0.1) is 0 Å². The molecule has 1 heterocycles. The van der Waals surface area contributed by atoms with Gasteiger partial charge in [0.15, 0.2) is 0 Å².